The van der Waals surface area contributed by atoms with Crippen LogP contribution in [0.3, 0.4) is 0 Å². The highest BCUT2D eigenvalue weighted by molar-refractivity contribution is 5.81. The largest absolute Gasteiger partial charge is 0.491 e. The molecule has 6 N–H and O–H groups in total. The third kappa shape index (κ3) is 10.7. The number of hydrogen-bond acceptors (Lipinski definition) is 5. The van der Waals surface area contributed by atoms with Crippen molar-refractivity contribution >= 4 is 11.9 Å². The van der Waals surface area contributed by atoms with E-state index in [0.29, 0.717) is 26.0 Å². The quantitative estimate of drug-likeness (QED) is 0.492. The molecule has 7 nitrogen and oxygen atoms in total. The molecule has 0 spiro atoms. The number of nitrogens with two attached hydrogens (primary N) is 2. The third-order valence-electron chi connectivity index (χ3n) is 3.52. The van der Waals surface area contributed by atoms with Crippen molar-refractivity contribution in [2.45, 2.75) is 59.0 Å². The van der Waals surface area contributed by atoms with Crippen LogP contribution in [0, 0.1) is 13.8 Å². The lowest BCUT2D eigenvalue weighted by Gasteiger charge is -2.13. The maximum absolute atomic E-state index is 10.6. The first kappa shape index (κ1) is 23.9. The summed E-state index contributed by atoms with van der Waals surface area (Å²) >= 11 is 0. The second kappa shape index (κ2) is 13.1. The minimum absolute atomic E-state index is 0.0824. The number of amides is 1. The first-order valence-corrected chi connectivity index (χ1v) is 8.83. The lowest BCUT2D eigenvalue weighted by atomic mass is 10.1. The Morgan fingerprint density at radius 1 is 1.23 bits per heavy atom. The summed E-state index contributed by atoms with van der Waals surface area (Å²) in [7, 11) is 0. The minimum atomic E-state index is -0.993. The monoisotopic (exact) mass is 367 g/mol. The summed E-state index contributed by atoms with van der Waals surface area (Å²) < 4.78 is 5.60. The van der Waals surface area contributed by atoms with Crippen LogP contribution < -0.4 is 21.5 Å². The van der Waals surface area contributed by atoms with E-state index in [-0.39, 0.29) is 11.9 Å². The molecule has 148 valence electrons. The average molecular weight is 367 g/mol. The van der Waals surface area contributed by atoms with Crippen LogP contribution in [0.2, 0.25) is 0 Å². The van der Waals surface area contributed by atoms with Crippen molar-refractivity contribution in [3.8, 4) is 5.75 Å². The van der Waals surface area contributed by atoms with Crippen molar-refractivity contribution < 1.29 is 19.4 Å². The molecule has 1 rings (SSSR count). The number of rotatable bonds is 9. The van der Waals surface area contributed by atoms with Gasteiger partial charge >= 0.3 is 5.97 Å². The van der Waals surface area contributed by atoms with Crippen LogP contribution in [-0.4, -0.2) is 42.2 Å². The highest BCUT2D eigenvalue weighted by Gasteiger charge is 2.16. The molecule has 0 radical (unpaired) electrons. The molecule has 0 aliphatic heterocycles. The molecule has 1 aromatic rings. The Bertz CT molecular complexity index is 541. The molecule has 1 amide bonds. The second-order valence-electron chi connectivity index (χ2n) is 6.39. The van der Waals surface area contributed by atoms with Gasteiger partial charge in [-0.15, -0.1) is 0 Å². The van der Waals surface area contributed by atoms with E-state index in [1.807, 2.05) is 39.0 Å². The van der Waals surface area contributed by atoms with Crippen molar-refractivity contribution in [2.24, 2.45) is 11.5 Å². The molecular formula is C19H33N3O4. The van der Waals surface area contributed by atoms with Crippen molar-refractivity contribution in [3.63, 3.8) is 0 Å². The molecule has 0 aliphatic rings. The van der Waals surface area contributed by atoms with Gasteiger partial charge in [0.25, 0.3) is 0 Å². The number of benzene rings is 1. The summed E-state index contributed by atoms with van der Waals surface area (Å²) in [5, 5.41) is 11.0. The second-order valence-corrected chi connectivity index (χ2v) is 6.39. The molecule has 0 heterocycles. The van der Waals surface area contributed by atoms with E-state index < -0.39 is 12.0 Å². The Kier molecular flexibility index (Phi) is 12.1. The minimum Gasteiger partial charge on any atom is -0.491 e. The van der Waals surface area contributed by atoms with Gasteiger partial charge in [0.1, 0.15) is 18.4 Å². The molecule has 2 unspecified atom stereocenters. The normalized spacial score (nSPS) is 12.4. The van der Waals surface area contributed by atoms with Crippen LogP contribution in [0.5, 0.6) is 5.75 Å². The fraction of sp³-hybridized carbons (Fsp3) is 0.579. The van der Waals surface area contributed by atoms with E-state index in [2.05, 4.69) is 5.32 Å². The van der Waals surface area contributed by atoms with Crippen molar-refractivity contribution in [1.82, 2.24) is 5.32 Å². The van der Waals surface area contributed by atoms with E-state index >= 15 is 0 Å². The summed E-state index contributed by atoms with van der Waals surface area (Å²) in [6.45, 7) is 8.46. The predicted molar refractivity (Wildman–Crippen MR) is 103 cm³/mol. The topological polar surface area (TPSA) is 128 Å². The molecule has 0 bridgehead atoms. The molecule has 0 aromatic heterocycles. The van der Waals surface area contributed by atoms with Crippen LogP contribution in [0.15, 0.2) is 18.2 Å². The molecule has 26 heavy (non-hydrogen) atoms. The first-order valence-electron chi connectivity index (χ1n) is 8.83. The number of ether oxygens (including phenoxy) is 1. The number of carbonyl (C=O) groups excluding carboxylic acids is 1. The van der Waals surface area contributed by atoms with Gasteiger partial charge in [0.2, 0.25) is 5.91 Å². The molecular weight excluding hydrogens is 334 g/mol. The smallest absolute Gasteiger partial charge is 0.326 e. The zero-order chi connectivity index (χ0) is 20.1. The van der Waals surface area contributed by atoms with E-state index in [1.54, 1.807) is 0 Å². The van der Waals surface area contributed by atoms with Gasteiger partial charge in [-0.05, 0) is 57.7 Å². The Labute approximate surface area is 156 Å². The van der Waals surface area contributed by atoms with Crippen LogP contribution in [0.25, 0.3) is 0 Å². The van der Waals surface area contributed by atoms with Crippen molar-refractivity contribution in [1.29, 1.82) is 0 Å². The Morgan fingerprint density at radius 3 is 2.23 bits per heavy atom. The van der Waals surface area contributed by atoms with Gasteiger partial charge in [-0.1, -0.05) is 18.2 Å². The molecule has 0 fully saturated rings. The lowest BCUT2D eigenvalue weighted by Crippen LogP contribution is -2.39. The fourth-order valence-corrected chi connectivity index (χ4v) is 2.24. The Morgan fingerprint density at radius 2 is 1.81 bits per heavy atom. The molecule has 2 atom stereocenters. The Hall–Kier alpha value is -2.12. The number of carboxylic acids is 1. The van der Waals surface area contributed by atoms with Crippen LogP contribution >= 0.6 is 0 Å². The number of nitrogens with one attached hydrogen (secondary N) is 1. The highest BCUT2D eigenvalue weighted by Crippen LogP contribution is 2.22. The number of carbonyl (C=O) groups is 2. The molecule has 0 aliphatic carbocycles. The SMILES string of the molecule is CC(=O)NC(CCCCN)C(=O)O.Cc1cccc(C)c1OCC(C)N. The maximum atomic E-state index is 10.6. The molecule has 0 saturated carbocycles. The number of aryl methyl sites for hydroxylation is 2. The third-order valence-corrected chi connectivity index (χ3v) is 3.52. The van der Waals surface area contributed by atoms with E-state index in [1.165, 1.54) is 18.1 Å². The van der Waals surface area contributed by atoms with Gasteiger partial charge in [-0.2, -0.15) is 0 Å². The van der Waals surface area contributed by atoms with Crippen molar-refractivity contribution in [3.05, 3.63) is 29.3 Å². The summed E-state index contributed by atoms with van der Waals surface area (Å²) in [6.07, 6.45) is 1.93. The number of aliphatic carboxylic acids is 1. The fourth-order valence-electron chi connectivity index (χ4n) is 2.24. The standard InChI is InChI=1S/C11H17NO.C8H16N2O3/c1-8-5-4-6-9(2)11(8)13-7-10(3)12;1-6(11)10-7(8(12)13)4-2-3-5-9/h4-6,10H,7,12H2,1-3H3;7H,2-5,9H2,1H3,(H,10,11)(H,12,13). The van der Waals surface area contributed by atoms with Gasteiger partial charge in [0.15, 0.2) is 0 Å². The predicted octanol–water partition coefficient (Wildman–Crippen LogP) is 1.73. The average Bonchev–Trinajstić information content (AvgIpc) is 2.53. The number of unbranched alkanes of at least 4 members (excludes halogenated alkanes) is 1. The first-order chi connectivity index (χ1) is 12.2. The van der Waals surface area contributed by atoms with E-state index in [9.17, 15) is 9.59 Å². The lowest BCUT2D eigenvalue weighted by molar-refractivity contribution is -0.141. The summed E-state index contributed by atoms with van der Waals surface area (Å²) in [5.41, 5.74) is 13.2. The van der Waals surface area contributed by atoms with E-state index in [4.69, 9.17) is 21.3 Å². The van der Waals surface area contributed by atoms with Gasteiger partial charge < -0.3 is 26.6 Å². The van der Waals surface area contributed by atoms with Gasteiger partial charge in [0, 0.05) is 13.0 Å². The maximum Gasteiger partial charge on any atom is 0.326 e. The Balaban J connectivity index is 0.000000481. The molecule has 1 aromatic carbocycles. The van der Waals surface area contributed by atoms with Gasteiger partial charge in [-0.3, -0.25) is 4.79 Å². The zero-order valence-electron chi connectivity index (χ0n) is 16.2. The van der Waals surface area contributed by atoms with Crippen molar-refractivity contribution in [2.75, 3.05) is 13.2 Å². The van der Waals surface area contributed by atoms with Crippen LogP contribution in [0.4, 0.5) is 0 Å². The van der Waals surface area contributed by atoms with Crippen LogP contribution in [0.1, 0.15) is 44.2 Å². The highest BCUT2D eigenvalue weighted by atomic mass is 16.5. The summed E-state index contributed by atoms with van der Waals surface area (Å²) in [5.74, 6) is -0.341. The number of para-hydroxylation sites is 1. The zero-order valence-corrected chi connectivity index (χ0v) is 16.2. The van der Waals surface area contributed by atoms with E-state index in [0.717, 1.165) is 12.2 Å². The molecule has 0 saturated heterocycles. The van der Waals surface area contributed by atoms with Gasteiger partial charge in [0.05, 0.1) is 0 Å². The van der Waals surface area contributed by atoms with Crippen LogP contribution in [-0.2, 0) is 9.59 Å². The summed E-state index contributed by atoms with van der Waals surface area (Å²) in [6, 6.07) is 5.43. The van der Waals surface area contributed by atoms with Gasteiger partial charge in [-0.25, -0.2) is 4.79 Å². The number of carboxylic acid groups (broad SMARTS) is 1. The molecule has 7 heteroatoms. The number of hydrogen-bond donors (Lipinski definition) is 4. The summed E-state index contributed by atoms with van der Waals surface area (Å²) in [4.78, 5) is 21.2.